The van der Waals surface area contributed by atoms with Crippen molar-refractivity contribution in [3.05, 3.63) is 52.2 Å². The molecule has 3 aromatic rings. The van der Waals surface area contributed by atoms with Crippen LogP contribution in [0, 0.1) is 13.8 Å². The molecular formula is C16H14N4O2S. The van der Waals surface area contributed by atoms with Crippen molar-refractivity contribution in [2.24, 2.45) is 5.10 Å². The standard InChI is InChI=1S/C16H14N4O2S/c1-9-10(2)23-15-13(9)14(17-8-18-15)20-19-7-11-3-5-12(6-4-11)16(21)22/h3-8H,1-2H3,(H,21,22)(H,17,18,20). The maximum atomic E-state index is 10.8. The summed E-state index contributed by atoms with van der Waals surface area (Å²) in [6.45, 7) is 4.09. The van der Waals surface area contributed by atoms with E-state index in [1.54, 1.807) is 41.8 Å². The minimum atomic E-state index is -0.946. The summed E-state index contributed by atoms with van der Waals surface area (Å²) in [6.07, 6.45) is 3.13. The first-order valence-corrected chi connectivity index (χ1v) is 7.71. The number of nitrogens with one attached hydrogen (secondary N) is 1. The Hall–Kier alpha value is -2.80. The van der Waals surface area contributed by atoms with E-state index in [1.807, 2.05) is 6.92 Å². The molecule has 1 aromatic carbocycles. The first kappa shape index (κ1) is 15.1. The molecule has 0 atom stereocenters. The molecule has 7 heteroatoms. The first-order valence-electron chi connectivity index (χ1n) is 6.89. The maximum absolute atomic E-state index is 10.8. The quantitative estimate of drug-likeness (QED) is 0.566. The summed E-state index contributed by atoms with van der Waals surface area (Å²) in [6, 6.07) is 6.48. The highest BCUT2D eigenvalue weighted by Crippen LogP contribution is 2.32. The number of aromatic carboxylic acids is 1. The van der Waals surface area contributed by atoms with Crippen LogP contribution >= 0.6 is 11.3 Å². The summed E-state index contributed by atoms with van der Waals surface area (Å²) >= 11 is 1.63. The highest BCUT2D eigenvalue weighted by Gasteiger charge is 2.11. The molecule has 2 aromatic heterocycles. The van der Waals surface area contributed by atoms with Crippen LogP contribution in [0.5, 0.6) is 0 Å². The summed E-state index contributed by atoms with van der Waals surface area (Å²) in [5.41, 5.74) is 5.13. The van der Waals surface area contributed by atoms with Crippen molar-refractivity contribution in [2.75, 3.05) is 5.43 Å². The Morgan fingerprint density at radius 2 is 2.00 bits per heavy atom. The number of hydrogen-bond acceptors (Lipinski definition) is 6. The molecule has 2 N–H and O–H groups in total. The maximum Gasteiger partial charge on any atom is 0.335 e. The molecule has 116 valence electrons. The topological polar surface area (TPSA) is 87.5 Å². The van der Waals surface area contributed by atoms with E-state index < -0.39 is 5.97 Å². The fraction of sp³-hybridized carbons (Fsp3) is 0.125. The number of nitrogens with zero attached hydrogens (tertiary/aromatic N) is 3. The van der Waals surface area contributed by atoms with E-state index in [0.29, 0.717) is 5.82 Å². The molecular weight excluding hydrogens is 312 g/mol. The zero-order valence-corrected chi connectivity index (χ0v) is 13.4. The molecule has 23 heavy (non-hydrogen) atoms. The molecule has 0 saturated heterocycles. The molecule has 0 spiro atoms. The van der Waals surface area contributed by atoms with Crippen LogP contribution in [0.4, 0.5) is 5.82 Å². The number of anilines is 1. The summed E-state index contributed by atoms with van der Waals surface area (Å²) in [5, 5.41) is 14.0. The van der Waals surface area contributed by atoms with Gasteiger partial charge in [-0.05, 0) is 37.1 Å². The average Bonchev–Trinajstić information content (AvgIpc) is 2.83. The van der Waals surface area contributed by atoms with Gasteiger partial charge in [-0.1, -0.05) is 12.1 Å². The normalized spacial score (nSPS) is 11.2. The summed E-state index contributed by atoms with van der Waals surface area (Å²) in [7, 11) is 0. The number of hydrogen-bond donors (Lipinski definition) is 2. The Balaban J connectivity index is 1.81. The van der Waals surface area contributed by atoms with Crippen molar-refractivity contribution in [1.29, 1.82) is 0 Å². The lowest BCUT2D eigenvalue weighted by Gasteiger charge is -2.02. The molecule has 0 saturated carbocycles. The monoisotopic (exact) mass is 326 g/mol. The van der Waals surface area contributed by atoms with E-state index in [2.05, 4.69) is 27.4 Å². The average molecular weight is 326 g/mol. The third-order valence-electron chi connectivity index (χ3n) is 3.51. The molecule has 0 aliphatic carbocycles. The van der Waals surface area contributed by atoms with Crippen LogP contribution in [0.25, 0.3) is 10.2 Å². The number of aryl methyl sites for hydroxylation is 2. The summed E-state index contributed by atoms with van der Waals surface area (Å²) in [5.74, 6) is -0.284. The van der Waals surface area contributed by atoms with Gasteiger partial charge < -0.3 is 5.11 Å². The van der Waals surface area contributed by atoms with Gasteiger partial charge in [0, 0.05) is 4.88 Å². The van der Waals surface area contributed by atoms with Gasteiger partial charge in [-0.2, -0.15) is 5.10 Å². The van der Waals surface area contributed by atoms with E-state index in [-0.39, 0.29) is 5.56 Å². The number of benzene rings is 1. The number of hydrazone groups is 1. The lowest BCUT2D eigenvalue weighted by molar-refractivity contribution is 0.0697. The molecule has 0 aliphatic heterocycles. The van der Waals surface area contributed by atoms with Gasteiger partial charge >= 0.3 is 5.97 Å². The largest absolute Gasteiger partial charge is 0.478 e. The number of aromatic nitrogens is 2. The van der Waals surface area contributed by atoms with Gasteiger partial charge in [0.25, 0.3) is 0 Å². The van der Waals surface area contributed by atoms with Gasteiger partial charge in [-0.3, -0.25) is 5.43 Å². The highest BCUT2D eigenvalue weighted by molar-refractivity contribution is 7.18. The van der Waals surface area contributed by atoms with Gasteiger partial charge in [0.1, 0.15) is 11.2 Å². The fourth-order valence-corrected chi connectivity index (χ4v) is 3.14. The van der Waals surface area contributed by atoms with Crippen molar-refractivity contribution in [2.45, 2.75) is 13.8 Å². The van der Waals surface area contributed by atoms with Crippen molar-refractivity contribution >= 4 is 39.6 Å². The van der Waals surface area contributed by atoms with Crippen LogP contribution < -0.4 is 5.43 Å². The SMILES string of the molecule is Cc1sc2ncnc(NN=Cc3ccc(C(=O)O)cc3)c2c1C. The highest BCUT2D eigenvalue weighted by atomic mass is 32.1. The summed E-state index contributed by atoms with van der Waals surface area (Å²) < 4.78 is 0. The predicted molar refractivity (Wildman–Crippen MR) is 91.5 cm³/mol. The number of thiophene rings is 1. The predicted octanol–water partition coefficient (Wildman–Crippen LogP) is 3.45. The number of rotatable bonds is 4. The van der Waals surface area contributed by atoms with Gasteiger partial charge in [0.05, 0.1) is 17.2 Å². The zero-order chi connectivity index (χ0) is 16.4. The zero-order valence-electron chi connectivity index (χ0n) is 12.6. The first-order chi connectivity index (χ1) is 11.1. The second-order valence-corrected chi connectivity index (χ2v) is 6.19. The number of carbonyl (C=O) groups is 1. The molecule has 6 nitrogen and oxygen atoms in total. The van der Waals surface area contributed by atoms with Crippen LogP contribution in [-0.2, 0) is 0 Å². The number of carboxylic acid groups (broad SMARTS) is 1. The van der Waals surface area contributed by atoms with E-state index in [1.165, 1.54) is 11.2 Å². The molecule has 2 heterocycles. The van der Waals surface area contributed by atoms with Crippen LogP contribution in [-0.4, -0.2) is 27.3 Å². The van der Waals surface area contributed by atoms with Crippen LogP contribution in [0.3, 0.4) is 0 Å². The molecule has 0 amide bonds. The van der Waals surface area contributed by atoms with Crippen LogP contribution in [0.2, 0.25) is 0 Å². The van der Waals surface area contributed by atoms with Crippen molar-refractivity contribution < 1.29 is 9.90 Å². The Morgan fingerprint density at radius 1 is 1.26 bits per heavy atom. The lowest BCUT2D eigenvalue weighted by Crippen LogP contribution is -1.97. The van der Waals surface area contributed by atoms with E-state index in [4.69, 9.17) is 5.11 Å². The second-order valence-electron chi connectivity index (χ2n) is 4.98. The third-order valence-corrected chi connectivity index (χ3v) is 4.62. The lowest BCUT2D eigenvalue weighted by atomic mass is 10.1. The Bertz CT molecular complexity index is 900. The molecule has 0 fully saturated rings. The van der Waals surface area contributed by atoms with Crippen molar-refractivity contribution in [3.63, 3.8) is 0 Å². The van der Waals surface area contributed by atoms with Gasteiger partial charge in [0.15, 0.2) is 5.82 Å². The molecule has 0 unspecified atom stereocenters. The van der Waals surface area contributed by atoms with Crippen molar-refractivity contribution in [3.8, 4) is 0 Å². The number of fused-ring (bicyclic) bond motifs is 1. The fourth-order valence-electron chi connectivity index (χ4n) is 2.15. The van der Waals surface area contributed by atoms with E-state index >= 15 is 0 Å². The minimum absolute atomic E-state index is 0.247. The smallest absolute Gasteiger partial charge is 0.335 e. The number of carboxylic acids is 1. The second kappa shape index (κ2) is 6.13. The molecule has 0 bridgehead atoms. The third kappa shape index (κ3) is 3.04. The van der Waals surface area contributed by atoms with Gasteiger partial charge in [-0.15, -0.1) is 11.3 Å². The molecule has 0 radical (unpaired) electrons. The molecule has 0 aliphatic rings. The Morgan fingerprint density at radius 3 is 2.70 bits per heavy atom. The van der Waals surface area contributed by atoms with Gasteiger partial charge in [0.2, 0.25) is 0 Å². The van der Waals surface area contributed by atoms with E-state index in [0.717, 1.165) is 21.3 Å². The summed E-state index contributed by atoms with van der Waals surface area (Å²) in [4.78, 5) is 21.5. The Labute approximate surface area is 136 Å². The van der Waals surface area contributed by atoms with Crippen LogP contribution in [0.1, 0.15) is 26.4 Å². The minimum Gasteiger partial charge on any atom is -0.478 e. The van der Waals surface area contributed by atoms with Crippen LogP contribution in [0.15, 0.2) is 35.7 Å². The van der Waals surface area contributed by atoms with Gasteiger partial charge in [-0.25, -0.2) is 14.8 Å². The Kier molecular flexibility index (Phi) is 4.03. The molecule has 3 rings (SSSR count). The van der Waals surface area contributed by atoms with Crippen molar-refractivity contribution in [1.82, 2.24) is 9.97 Å². The van der Waals surface area contributed by atoms with E-state index in [9.17, 15) is 4.79 Å².